The second-order valence-electron chi connectivity index (χ2n) is 5.55. The highest BCUT2D eigenvalue weighted by molar-refractivity contribution is 5.94. The van der Waals surface area contributed by atoms with Crippen LogP contribution < -0.4 is 10.5 Å². The molecule has 24 heavy (non-hydrogen) atoms. The van der Waals surface area contributed by atoms with Crippen molar-refractivity contribution in [2.24, 2.45) is 12.0 Å². The summed E-state index contributed by atoms with van der Waals surface area (Å²) in [6.07, 6.45) is 5.34. The van der Waals surface area contributed by atoms with Gasteiger partial charge in [0.05, 0.1) is 12.1 Å². The van der Waals surface area contributed by atoms with E-state index in [4.69, 9.17) is 10.5 Å². The van der Waals surface area contributed by atoms with Crippen molar-refractivity contribution in [3.8, 4) is 5.75 Å². The van der Waals surface area contributed by atoms with Crippen molar-refractivity contribution in [2.75, 3.05) is 12.3 Å². The van der Waals surface area contributed by atoms with Crippen molar-refractivity contribution < 1.29 is 4.74 Å². The number of pyridine rings is 1. The summed E-state index contributed by atoms with van der Waals surface area (Å²) in [5.74, 6) is 1.84. The Hall–Kier alpha value is -3.22. The maximum absolute atomic E-state index is 5.94. The third-order valence-electron chi connectivity index (χ3n) is 3.97. The molecule has 0 spiro atoms. The zero-order valence-electron chi connectivity index (χ0n) is 13.2. The number of aryl methyl sites for hydroxylation is 1. The van der Waals surface area contributed by atoms with Gasteiger partial charge in [-0.05, 0) is 29.3 Å². The van der Waals surface area contributed by atoms with Crippen molar-refractivity contribution in [2.45, 2.75) is 6.61 Å². The number of rotatable bonds is 4. The summed E-state index contributed by atoms with van der Waals surface area (Å²) in [5, 5.41) is 4.95. The smallest absolute Gasteiger partial charge is 0.164 e. The average Bonchev–Trinajstić information content (AvgIpc) is 3.23. The van der Waals surface area contributed by atoms with Crippen LogP contribution in [-0.2, 0) is 13.7 Å². The molecule has 3 aromatic rings. The molecule has 0 aliphatic carbocycles. The second kappa shape index (κ2) is 5.77. The van der Waals surface area contributed by atoms with Gasteiger partial charge in [0, 0.05) is 24.7 Å². The Balaban J connectivity index is 1.68. The van der Waals surface area contributed by atoms with E-state index in [1.54, 1.807) is 10.7 Å². The summed E-state index contributed by atoms with van der Waals surface area (Å²) < 4.78 is 7.59. The normalized spacial score (nSPS) is 13.5. The van der Waals surface area contributed by atoms with Gasteiger partial charge in [-0.3, -0.25) is 9.67 Å². The lowest BCUT2D eigenvalue weighted by atomic mass is 10.0. The highest BCUT2D eigenvalue weighted by Gasteiger charge is 2.11. The Kier molecular flexibility index (Phi) is 3.45. The lowest BCUT2D eigenvalue weighted by Crippen LogP contribution is -2.05. The van der Waals surface area contributed by atoms with Gasteiger partial charge in [0.2, 0.25) is 0 Å². The van der Waals surface area contributed by atoms with Crippen LogP contribution in [0.1, 0.15) is 11.4 Å². The molecule has 0 fully saturated rings. The van der Waals surface area contributed by atoms with Gasteiger partial charge in [-0.2, -0.15) is 5.10 Å². The molecule has 1 aromatic carbocycles. The quantitative estimate of drug-likeness (QED) is 0.794. The van der Waals surface area contributed by atoms with E-state index in [2.05, 4.69) is 26.1 Å². The number of fused-ring (bicyclic) bond motifs is 1. The summed E-state index contributed by atoms with van der Waals surface area (Å²) in [6, 6.07) is 7.80. The Labute approximate surface area is 138 Å². The monoisotopic (exact) mass is 320 g/mol. The fourth-order valence-electron chi connectivity index (χ4n) is 2.66. The van der Waals surface area contributed by atoms with E-state index in [1.165, 1.54) is 11.9 Å². The summed E-state index contributed by atoms with van der Waals surface area (Å²) >= 11 is 0. The van der Waals surface area contributed by atoms with Crippen LogP contribution in [0.5, 0.6) is 5.75 Å². The first-order chi connectivity index (χ1) is 11.7. The van der Waals surface area contributed by atoms with Gasteiger partial charge in [-0.25, -0.2) is 9.97 Å². The van der Waals surface area contributed by atoms with Gasteiger partial charge < -0.3 is 10.5 Å². The Morgan fingerprint density at radius 1 is 1.29 bits per heavy atom. The van der Waals surface area contributed by atoms with Gasteiger partial charge in [-0.1, -0.05) is 6.07 Å². The molecule has 0 saturated heterocycles. The van der Waals surface area contributed by atoms with E-state index in [1.807, 2.05) is 31.5 Å². The van der Waals surface area contributed by atoms with Gasteiger partial charge >= 0.3 is 0 Å². The number of nitrogens with two attached hydrogens (primary N) is 1. The Morgan fingerprint density at radius 2 is 2.21 bits per heavy atom. The second-order valence-corrected chi connectivity index (χ2v) is 5.55. The maximum atomic E-state index is 5.94. The first-order valence-electron chi connectivity index (χ1n) is 7.56. The third kappa shape index (κ3) is 2.60. The van der Waals surface area contributed by atoms with Crippen molar-refractivity contribution >= 4 is 28.5 Å². The van der Waals surface area contributed by atoms with Crippen molar-refractivity contribution in [1.29, 1.82) is 0 Å². The lowest BCUT2D eigenvalue weighted by Gasteiger charge is -2.11. The van der Waals surface area contributed by atoms with Crippen LogP contribution in [0.4, 0.5) is 5.82 Å². The molecular weight excluding hydrogens is 304 g/mol. The minimum Gasteiger partial charge on any atom is -0.485 e. The molecule has 3 heterocycles. The first-order valence-corrected chi connectivity index (χ1v) is 7.56. The third-order valence-corrected chi connectivity index (χ3v) is 3.97. The molecule has 0 saturated carbocycles. The molecule has 4 rings (SSSR count). The van der Waals surface area contributed by atoms with Gasteiger partial charge in [0.15, 0.2) is 5.82 Å². The number of aliphatic imine (C=N–C) groups is 1. The molecule has 2 N–H and O–H groups in total. The first kappa shape index (κ1) is 14.4. The molecule has 7 heteroatoms. The van der Waals surface area contributed by atoms with E-state index in [0.717, 1.165) is 22.3 Å². The minimum absolute atomic E-state index is 0.315. The molecule has 2 aromatic heterocycles. The lowest BCUT2D eigenvalue weighted by molar-refractivity contribution is 0.293. The molecule has 0 radical (unpaired) electrons. The van der Waals surface area contributed by atoms with E-state index in [-0.39, 0.29) is 0 Å². The van der Waals surface area contributed by atoms with Gasteiger partial charge in [0.1, 0.15) is 24.5 Å². The van der Waals surface area contributed by atoms with E-state index < -0.39 is 0 Å². The van der Waals surface area contributed by atoms with Crippen molar-refractivity contribution in [3.63, 3.8) is 0 Å². The standard InChI is InChI=1S/C17H16N6O/c1-23-17(20-10-21-23)9-24-15-7-16(18)22-14-6-11(2-3-13(14)15)12-4-5-19-8-12/h2-7,10H,8-9H2,1H3,(H2,18,22). The maximum Gasteiger partial charge on any atom is 0.164 e. The average molecular weight is 320 g/mol. The predicted octanol–water partition coefficient (Wildman–Crippen LogP) is 1.99. The van der Waals surface area contributed by atoms with Gasteiger partial charge in [0.25, 0.3) is 0 Å². The molecule has 0 unspecified atom stereocenters. The molecule has 0 amide bonds. The Morgan fingerprint density at radius 3 is 2.96 bits per heavy atom. The summed E-state index contributed by atoms with van der Waals surface area (Å²) in [4.78, 5) is 12.8. The predicted molar refractivity (Wildman–Crippen MR) is 92.8 cm³/mol. The molecule has 120 valence electrons. The molecule has 7 nitrogen and oxygen atoms in total. The van der Waals surface area contributed by atoms with Crippen LogP contribution in [-0.4, -0.2) is 32.5 Å². The van der Waals surface area contributed by atoms with Crippen LogP contribution in [0, 0.1) is 0 Å². The fourth-order valence-corrected chi connectivity index (χ4v) is 2.66. The molecule has 0 atom stereocenters. The number of allylic oxidation sites excluding steroid dienone is 1. The number of aromatic nitrogens is 4. The summed E-state index contributed by atoms with van der Waals surface area (Å²) in [7, 11) is 1.83. The van der Waals surface area contributed by atoms with Crippen LogP contribution >= 0.6 is 0 Å². The largest absolute Gasteiger partial charge is 0.485 e. The topological polar surface area (TPSA) is 91.2 Å². The Bertz CT molecular complexity index is 972. The minimum atomic E-state index is 0.315. The molecule has 1 aliphatic rings. The summed E-state index contributed by atoms with van der Waals surface area (Å²) in [5.41, 5.74) is 9.01. The number of nitrogens with zero attached hydrogens (tertiary/aromatic N) is 5. The molecule has 0 bridgehead atoms. The highest BCUT2D eigenvalue weighted by Crippen LogP contribution is 2.30. The zero-order valence-corrected chi connectivity index (χ0v) is 13.2. The van der Waals surface area contributed by atoms with E-state index >= 15 is 0 Å². The number of hydrogen-bond donors (Lipinski definition) is 1. The van der Waals surface area contributed by atoms with Crippen LogP contribution in [0.3, 0.4) is 0 Å². The SMILES string of the molecule is Cn1ncnc1COc1cc(N)nc2cc(C3=CC=NC3)ccc12. The van der Waals surface area contributed by atoms with Gasteiger partial charge in [-0.15, -0.1) is 0 Å². The number of nitrogen functional groups attached to an aromatic ring is 1. The number of benzene rings is 1. The number of hydrogen-bond acceptors (Lipinski definition) is 6. The number of anilines is 1. The highest BCUT2D eigenvalue weighted by atomic mass is 16.5. The van der Waals surface area contributed by atoms with Crippen LogP contribution in [0.25, 0.3) is 16.5 Å². The van der Waals surface area contributed by atoms with Crippen molar-refractivity contribution in [3.05, 3.63) is 48.1 Å². The van der Waals surface area contributed by atoms with Crippen molar-refractivity contribution in [1.82, 2.24) is 19.7 Å². The fraction of sp³-hybridized carbons (Fsp3) is 0.176. The van der Waals surface area contributed by atoms with Crippen LogP contribution in [0.15, 0.2) is 41.7 Å². The summed E-state index contributed by atoms with van der Waals surface area (Å²) in [6.45, 7) is 1.01. The molecular formula is C17H16N6O. The van der Waals surface area contributed by atoms with E-state index in [9.17, 15) is 0 Å². The van der Waals surface area contributed by atoms with E-state index in [0.29, 0.717) is 24.7 Å². The van der Waals surface area contributed by atoms with Crippen LogP contribution in [0.2, 0.25) is 0 Å². The molecule has 1 aliphatic heterocycles. The zero-order chi connectivity index (χ0) is 16.5. The number of ether oxygens (including phenoxy) is 1.